The molecule has 1 aliphatic rings. The Morgan fingerprint density at radius 2 is 2.24 bits per heavy atom. The van der Waals surface area contributed by atoms with Gasteiger partial charge in [-0.3, -0.25) is 14.9 Å². The number of carboxylic acid groups (broad SMARTS) is 1. The number of hydrogen-bond acceptors (Lipinski definition) is 4. The van der Waals surface area contributed by atoms with Crippen LogP contribution in [0.5, 0.6) is 0 Å². The minimum absolute atomic E-state index is 0.0993. The summed E-state index contributed by atoms with van der Waals surface area (Å²) >= 11 is 5.89. The first-order valence-electron chi connectivity index (χ1n) is 6.78. The van der Waals surface area contributed by atoms with Crippen LogP contribution in [0, 0.1) is 15.5 Å². The Morgan fingerprint density at radius 3 is 2.86 bits per heavy atom. The van der Waals surface area contributed by atoms with Gasteiger partial charge in [0.15, 0.2) is 0 Å². The van der Waals surface area contributed by atoms with Crippen molar-refractivity contribution in [3.63, 3.8) is 0 Å². The van der Waals surface area contributed by atoms with Gasteiger partial charge in [0, 0.05) is 17.1 Å². The second kappa shape index (κ2) is 5.89. The van der Waals surface area contributed by atoms with Gasteiger partial charge in [-0.05, 0) is 31.9 Å². The van der Waals surface area contributed by atoms with Gasteiger partial charge in [0.2, 0.25) is 0 Å². The van der Waals surface area contributed by atoms with Gasteiger partial charge in [-0.25, -0.2) is 0 Å². The lowest BCUT2D eigenvalue weighted by Gasteiger charge is -2.38. The quantitative estimate of drug-likeness (QED) is 0.653. The van der Waals surface area contributed by atoms with E-state index in [1.165, 1.54) is 18.2 Å². The Bertz CT molecular complexity index is 578. The highest BCUT2D eigenvalue weighted by molar-refractivity contribution is 6.31. The highest BCUT2D eigenvalue weighted by atomic mass is 35.5. The van der Waals surface area contributed by atoms with E-state index >= 15 is 0 Å². The fraction of sp³-hybridized carbons (Fsp3) is 0.500. The molecular formula is C14H17ClN2O4. The van der Waals surface area contributed by atoms with E-state index in [1.54, 1.807) is 6.92 Å². The van der Waals surface area contributed by atoms with Crippen LogP contribution >= 0.6 is 11.6 Å². The largest absolute Gasteiger partial charge is 0.481 e. The average molecular weight is 313 g/mol. The molecule has 2 atom stereocenters. The van der Waals surface area contributed by atoms with Gasteiger partial charge in [-0.2, -0.15) is 0 Å². The van der Waals surface area contributed by atoms with Crippen LogP contribution in [0.2, 0.25) is 5.02 Å². The molecule has 0 aliphatic heterocycles. The lowest BCUT2D eigenvalue weighted by molar-refractivity contribution is -0.384. The van der Waals surface area contributed by atoms with E-state index in [0.717, 1.165) is 12.8 Å². The third-order valence-electron chi connectivity index (χ3n) is 4.18. The van der Waals surface area contributed by atoms with Crippen LogP contribution in [0.1, 0.15) is 32.6 Å². The lowest BCUT2D eigenvalue weighted by atomic mass is 9.71. The normalized spacial score (nSPS) is 25.3. The number of carboxylic acids is 1. The third-order valence-corrected chi connectivity index (χ3v) is 4.42. The minimum Gasteiger partial charge on any atom is -0.481 e. The Labute approximate surface area is 127 Å². The van der Waals surface area contributed by atoms with Crippen LogP contribution in [-0.2, 0) is 4.79 Å². The van der Waals surface area contributed by atoms with Crippen LogP contribution in [0.4, 0.5) is 11.4 Å². The molecule has 1 aliphatic carbocycles. The Morgan fingerprint density at radius 1 is 1.52 bits per heavy atom. The van der Waals surface area contributed by atoms with Gasteiger partial charge in [0.25, 0.3) is 5.69 Å². The molecule has 0 spiro atoms. The molecule has 7 heteroatoms. The fourth-order valence-corrected chi connectivity index (χ4v) is 2.96. The van der Waals surface area contributed by atoms with E-state index in [9.17, 15) is 20.0 Å². The van der Waals surface area contributed by atoms with Gasteiger partial charge < -0.3 is 10.4 Å². The monoisotopic (exact) mass is 312 g/mol. The number of nitrogens with zero attached hydrogens (tertiary/aromatic N) is 1. The SMILES string of the molecule is CC1(C(=O)O)CCCCC1Nc1cc(Cl)ccc1[N+](=O)[O-]. The summed E-state index contributed by atoms with van der Waals surface area (Å²) < 4.78 is 0. The van der Waals surface area contributed by atoms with Crippen molar-refractivity contribution >= 4 is 28.9 Å². The number of nitro benzene ring substituents is 1. The van der Waals surface area contributed by atoms with Crippen LogP contribution in [0.15, 0.2) is 18.2 Å². The number of halogens is 1. The number of aliphatic carboxylic acids is 1. The number of rotatable bonds is 4. The molecule has 21 heavy (non-hydrogen) atoms. The smallest absolute Gasteiger partial charge is 0.311 e. The molecule has 114 valence electrons. The zero-order valence-electron chi connectivity index (χ0n) is 11.6. The maximum absolute atomic E-state index is 11.6. The number of hydrogen-bond donors (Lipinski definition) is 2. The van der Waals surface area contributed by atoms with Gasteiger partial charge in [-0.15, -0.1) is 0 Å². The molecule has 0 bridgehead atoms. The van der Waals surface area contributed by atoms with Crippen LogP contribution < -0.4 is 5.32 Å². The van der Waals surface area contributed by atoms with E-state index in [1.807, 2.05) is 0 Å². The van der Waals surface area contributed by atoms with Crippen molar-refractivity contribution in [1.29, 1.82) is 0 Å². The molecule has 1 saturated carbocycles. The van der Waals surface area contributed by atoms with Crippen LogP contribution in [0.25, 0.3) is 0 Å². The molecule has 1 fully saturated rings. The average Bonchev–Trinajstić information content (AvgIpc) is 2.41. The summed E-state index contributed by atoms with van der Waals surface area (Å²) in [5, 5.41) is 24.0. The van der Waals surface area contributed by atoms with Crippen molar-refractivity contribution in [3.8, 4) is 0 Å². The summed E-state index contributed by atoms with van der Waals surface area (Å²) in [6.45, 7) is 1.68. The molecule has 2 N–H and O–H groups in total. The summed E-state index contributed by atoms with van der Waals surface area (Å²) in [6.07, 6.45) is 2.95. The summed E-state index contributed by atoms with van der Waals surface area (Å²) in [5.74, 6) is -0.885. The molecule has 2 rings (SSSR count). The van der Waals surface area contributed by atoms with Gasteiger partial charge in [0.1, 0.15) is 5.69 Å². The first-order chi connectivity index (χ1) is 9.84. The van der Waals surface area contributed by atoms with Crippen molar-refractivity contribution in [3.05, 3.63) is 33.3 Å². The molecule has 0 amide bonds. The van der Waals surface area contributed by atoms with Crippen molar-refractivity contribution in [2.24, 2.45) is 5.41 Å². The number of anilines is 1. The predicted octanol–water partition coefficient (Wildman–Crippen LogP) is 3.69. The second-order valence-electron chi connectivity index (χ2n) is 5.58. The molecule has 0 saturated heterocycles. The molecule has 0 heterocycles. The predicted molar refractivity (Wildman–Crippen MR) is 79.7 cm³/mol. The van der Waals surface area contributed by atoms with E-state index in [4.69, 9.17) is 11.6 Å². The van der Waals surface area contributed by atoms with Crippen LogP contribution in [0.3, 0.4) is 0 Å². The lowest BCUT2D eigenvalue weighted by Crippen LogP contribution is -2.46. The van der Waals surface area contributed by atoms with Crippen molar-refractivity contribution in [1.82, 2.24) is 0 Å². The first kappa shape index (κ1) is 15.6. The highest BCUT2D eigenvalue weighted by Gasteiger charge is 2.43. The Kier molecular flexibility index (Phi) is 4.37. The van der Waals surface area contributed by atoms with Crippen molar-refractivity contribution in [2.75, 3.05) is 5.32 Å². The summed E-state index contributed by atoms with van der Waals surface area (Å²) in [6, 6.07) is 3.88. The maximum atomic E-state index is 11.6. The zero-order valence-corrected chi connectivity index (χ0v) is 12.4. The van der Waals surface area contributed by atoms with E-state index in [-0.39, 0.29) is 17.4 Å². The molecule has 6 nitrogen and oxygen atoms in total. The Balaban J connectivity index is 2.33. The molecule has 1 aromatic carbocycles. The summed E-state index contributed by atoms with van der Waals surface area (Å²) in [7, 11) is 0. The van der Waals surface area contributed by atoms with E-state index in [0.29, 0.717) is 17.9 Å². The van der Waals surface area contributed by atoms with Gasteiger partial charge >= 0.3 is 5.97 Å². The summed E-state index contributed by atoms with van der Waals surface area (Å²) in [5.41, 5.74) is -0.765. The number of carbonyl (C=O) groups is 1. The van der Waals surface area contributed by atoms with Gasteiger partial charge in [0.05, 0.1) is 10.3 Å². The molecular weight excluding hydrogens is 296 g/mol. The Hall–Kier alpha value is -1.82. The molecule has 0 aromatic heterocycles. The number of nitrogens with one attached hydrogen (secondary N) is 1. The standard InChI is InChI=1S/C14H17ClN2O4/c1-14(13(18)19)7-3-2-4-12(14)16-10-8-9(15)5-6-11(10)17(20)21/h5-6,8,12,16H,2-4,7H2,1H3,(H,18,19). The third kappa shape index (κ3) is 3.10. The number of benzene rings is 1. The van der Waals surface area contributed by atoms with Gasteiger partial charge in [-0.1, -0.05) is 24.4 Å². The highest BCUT2D eigenvalue weighted by Crippen LogP contribution is 2.40. The summed E-state index contributed by atoms with van der Waals surface area (Å²) in [4.78, 5) is 22.1. The topological polar surface area (TPSA) is 92.5 Å². The second-order valence-corrected chi connectivity index (χ2v) is 6.02. The van der Waals surface area contributed by atoms with Crippen molar-refractivity contribution < 1.29 is 14.8 Å². The fourth-order valence-electron chi connectivity index (χ4n) is 2.79. The molecule has 2 unspecified atom stereocenters. The van der Waals surface area contributed by atoms with Crippen molar-refractivity contribution in [2.45, 2.75) is 38.6 Å². The van der Waals surface area contributed by atoms with E-state index in [2.05, 4.69) is 5.32 Å². The molecule has 0 radical (unpaired) electrons. The van der Waals surface area contributed by atoms with E-state index < -0.39 is 16.3 Å². The maximum Gasteiger partial charge on any atom is 0.311 e. The van der Waals surface area contributed by atoms with Crippen LogP contribution in [-0.4, -0.2) is 22.0 Å². The first-order valence-corrected chi connectivity index (χ1v) is 7.16. The zero-order chi connectivity index (χ0) is 15.6. The molecule has 1 aromatic rings. The number of nitro groups is 1. The minimum atomic E-state index is -0.936.